The molecule has 0 bridgehead atoms. The van der Waals surface area contributed by atoms with Crippen LogP contribution >= 0.6 is 11.8 Å². The first-order chi connectivity index (χ1) is 15.6. The molecule has 0 radical (unpaired) electrons. The van der Waals surface area contributed by atoms with E-state index in [9.17, 15) is 10.1 Å². The first kappa shape index (κ1) is 20.0. The van der Waals surface area contributed by atoms with Gasteiger partial charge in [-0.15, -0.1) is 11.8 Å². The minimum Gasteiger partial charge on any atom is -0.439 e. The van der Waals surface area contributed by atoms with Crippen LogP contribution in [0.15, 0.2) is 100 Å². The Bertz CT molecular complexity index is 1470. The fourth-order valence-electron chi connectivity index (χ4n) is 4.23. The molecule has 1 aliphatic heterocycles. The molecule has 32 heavy (non-hydrogen) atoms. The molecule has 5 nitrogen and oxygen atoms in total. The third-order valence-electron chi connectivity index (χ3n) is 5.71. The summed E-state index contributed by atoms with van der Waals surface area (Å²) in [5, 5.41) is 10.7. The van der Waals surface area contributed by atoms with Gasteiger partial charge in [0.2, 0.25) is 5.88 Å². The average Bonchev–Trinajstić information content (AvgIpc) is 2.84. The first-order valence-corrected chi connectivity index (χ1v) is 11.3. The van der Waals surface area contributed by atoms with Crippen molar-refractivity contribution in [3.05, 3.63) is 112 Å². The largest absolute Gasteiger partial charge is 0.439 e. The second-order valence-electron chi connectivity index (χ2n) is 7.43. The van der Waals surface area contributed by atoms with E-state index in [0.29, 0.717) is 16.8 Å². The maximum Gasteiger partial charge on any atom is 0.263 e. The lowest BCUT2D eigenvalue weighted by atomic mass is 9.83. The Hall–Kier alpha value is -3.95. The molecule has 1 atom stereocenters. The highest BCUT2D eigenvalue weighted by Gasteiger charge is 2.35. The van der Waals surface area contributed by atoms with Gasteiger partial charge in [0.15, 0.2) is 0 Å². The van der Waals surface area contributed by atoms with E-state index in [1.807, 2.05) is 85.1 Å². The van der Waals surface area contributed by atoms with E-state index in [1.165, 1.54) is 0 Å². The zero-order chi connectivity index (χ0) is 22.2. The number of hydrogen-bond acceptors (Lipinski definition) is 5. The molecule has 0 unspecified atom stereocenters. The van der Waals surface area contributed by atoms with Gasteiger partial charge in [-0.2, -0.15) is 5.26 Å². The summed E-state index contributed by atoms with van der Waals surface area (Å²) in [5.74, 6) is -0.180. The summed E-state index contributed by atoms with van der Waals surface area (Å²) in [6.45, 7) is 0. The van der Waals surface area contributed by atoms with Crippen LogP contribution in [0.2, 0.25) is 0 Å². The zero-order valence-corrected chi connectivity index (χ0v) is 18.1. The van der Waals surface area contributed by atoms with Gasteiger partial charge in [0.25, 0.3) is 5.56 Å². The zero-order valence-electron chi connectivity index (χ0n) is 17.3. The average molecular weight is 438 g/mol. The Balaban J connectivity index is 1.89. The van der Waals surface area contributed by atoms with Crippen LogP contribution in [0.1, 0.15) is 17.0 Å². The molecule has 0 saturated carbocycles. The Labute approximate surface area is 189 Å². The maximum atomic E-state index is 14.0. The molecule has 156 valence electrons. The van der Waals surface area contributed by atoms with Gasteiger partial charge in [0.1, 0.15) is 17.4 Å². The Morgan fingerprint density at radius 3 is 2.38 bits per heavy atom. The normalized spacial score (nSPS) is 15.2. The minimum absolute atomic E-state index is 0.0287. The Morgan fingerprint density at radius 2 is 1.69 bits per heavy atom. The molecule has 0 fully saturated rings. The number of thioether (sulfide) groups is 1. The predicted octanol–water partition coefficient (Wildman–Crippen LogP) is 4.93. The van der Waals surface area contributed by atoms with Crippen molar-refractivity contribution in [2.75, 3.05) is 6.26 Å². The molecule has 0 aliphatic carbocycles. The summed E-state index contributed by atoms with van der Waals surface area (Å²) in [6.07, 6.45) is 2.00. The SMILES string of the molecule is CSc1ccc([C@@H]2C(C#N)=C(N)Oc3c2c(=O)n(-c2ccccc2)c2ccccc32)cc1. The van der Waals surface area contributed by atoms with E-state index in [-0.39, 0.29) is 17.0 Å². The third kappa shape index (κ3) is 3.06. The molecular weight excluding hydrogens is 418 g/mol. The lowest BCUT2D eigenvalue weighted by Crippen LogP contribution is -2.31. The van der Waals surface area contributed by atoms with Gasteiger partial charge in [-0.3, -0.25) is 9.36 Å². The molecule has 2 N–H and O–H groups in total. The maximum absolute atomic E-state index is 14.0. The summed E-state index contributed by atoms with van der Waals surface area (Å²) < 4.78 is 7.61. The molecule has 4 aromatic rings. The van der Waals surface area contributed by atoms with Gasteiger partial charge >= 0.3 is 0 Å². The smallest absolute Gasteiger partial charge is 0.263 e. The third-order valence-corrected chi connectivity index (χ3v) is 6.45. The number of para-hydroxylation sites is 2. The van der Waals surface area contributed by atoms with Crippen LogP contribution in [-0.2, 0) is 0 Å². The van der Waals surface area contributed by atoms with Crippen molar-refractivity contribution in [3.63, 3.8) is 0 Å². The standard InChI is InChI=1S/C26H19N3O2S/c1-32-18-13-11-16(12-14-18)22-20(15-27)25(28)31-24-19-9-5-6-10-21(19)29(26(30)23(22)24)17-7-3-2-4-8-17/h2-14,22H,28H2,1H3/t22-/m1/s1. The number of fused-ring (bicyclic) bond motifs is 3. The van der Waals surface area contributed by atoms with Crippen molar-refractivity contribution in [1.29, 1.82) is 5.26 Å². The molecule has 0 amide bonds. The van der Waals surface area contributed by atoms with E-state index in [1.54, 1.807) is 16.3 Å². The lowest BCUT2D eigenvalue weighted by molar-refractivity contribution is 0.396. The van der Waals surface area contributed by atoms with E-state index < -0.39 is 5.92 Å². The number of pyridine rings is 1. The number of allylic oxidation sites excluding steroid dienone is 1. The second kappa shape index (κ2) is 7.95. The highest BCUT2D eigenvalue weighted by atomic mass is 32.2. The molecular formula is C26H19N3O2S. The topological polar surface area (TPSA) is 81.0 Å². The summed E-state index contributed by atoms with van der Waals surface area (Å²) in [5.41, 5.74) is 8.90. The van der Waals surface area contributed by atoms with Crippen LogP contribution in [0.5, 0.6) is 5.75 Å². The monoisotopic (exact) mass is 437 g/mol. The molecule has 1 aliphatic rings. The molecule has 0 saturated heterocycles. The number of hydrogen-bond donors (Lipinski definition) is 1. The Morgan fingerprint density at radius 1 is 1.00 bits per heavy atom. The van der Waals surface area contributed by atoms with Gasteiger partial charge in [-0.05, 0) is 48.2 Å². The van der Waals surface area contributed by atoms with Crippen molar-refractivity contribution >= 4 is 22.7 Å². The van der Waals surface area contributed by atoms with Crippen molar-refractivity contribution in [3.8, 4) is 17.5 Å². The number of aromatic nitrogens is 1. The number of nitriles is 1. The summed E-state index contributed by atoms with van der Waals surface area (Å²) in [6, 6.07) is 27.1. The lowest BCUT2D eigenvalue weighted by Gasteiger charge is -2.28. The van der Waals surface area contributed by atoms with Crippen molar-refractivity contribution in [2.24, 2.45) is 5.73 Å². The quantitative estimate of drug-likeness (QED) is 0.460. The molecule has 0 spiro atoms. The number of benzene rings is 3. The number of rotatable bonds is 3. The van der Waals surface area contributed by atoms with Gasteiger partial charge in [0, 0.05) is 16.0 Å². The molecule has 3 aromatic carbocycles. The molecule has 2 heterocycles. The molecule has 1 aromatic heterocycles. The van der Waals surface area contributed by atoms with Gasteiger partial charge < -0.3 is 10.5 Å². The Kier molecular flexibility index (Phi) is 4.96. The minimum atomic E-state index is -0.619. The fraction of sp³-hybridized carbons (Fsp3) is 0.0769. The summed E-state index contributed by atoms with van der Waals surface area (Å²) in [4.78, 5) is 15.1. The predicted molar refractivity (Wildman–Crippen MR) is 127 cm³/mol. The van der Waals surface area contributed by atoms with Crippen LogP contribution in [-0.4, -0.2) is 10.8 Å². The van der Waals surface area contributed by atoms with E-state index in [0.717, 1.165) is 21.5 Å². The van der Waals surface area contributed by atoms with Crippen molar-refractivity contribution in [1.82, 2.24) is 4.57 Å². The van der Waals surface area contributed by atoms with Crippen LogP contribution in [0.4, 0.5) is 0 Å². The number of ether oxygens (including phenoxy) is 1. The van der Waals surface area contributed by atoms with Crippen LogP contribution in [0.25, 0.3) is 16.6 Å². The first-order valence-electron chi connectivity index (χ1n) is 10.1. The van der Waals surface area contributed by atoms with Crippen LogP contribution < -0.4 is 16.0 Å². The van der Waals surface area contributed by atoms with Gasteiger partial charge in [0.05, 0.1) is 17.0 Å². The highest BCUT2D eigenvalue weighted by Crippen LogP contribution is 2.44. The number of nitrogens with zero attached hydrogens (tertiary/aromatic N) is 2. The molecule has 5 rings (SSSR count). The highest BCUT2D eigenvalue weighted by molar-refractivity contribution is 7.98. The number of nitrogens with two attached hydrogens (primary N) is 1. The van der Waals surface area contributed by atoms with Crippen molar-refractivity contribution < 1.29 is 4.74 Å². The van der Waals surface area contributed by atoms with E-state index in [2.05, 4.69) is 6.07 Å². The van der Waals surface area contributed by atoms with Gasteiger partial charge in [-0.25, -0.2) is 0 Å². The van der Waals surface area contributed by atoms with E-state index >= 15 is 0 Å². The van der Waals surface area contributed by atoms with Crippen LogP contribution in [0.3, 0.4) is 0 Å². The second-order valence-corrected chi connectivity index (χ2v) is 8.31. The van der Waals surface area contributed by atoms with Crippen LogP contribution in [0, 0.1) is 11.3 Å². The van der Waals surface area contributed by atoms with Gasteiger partial charge in [-0.1, -0.05) is 42.5 Å². The fourth-order valence-corrected chi connectivity index (χ4v) is 4.64. The van der Waals surface area contributed by atoms with Crippen molar-refractivity contribution in [2.45, 2.75) is 10.8 Å². The summed E-state index contributed by atoms with van der Waals surface area (Å²) in [7, 11) is 0. The molecule has 6 heteroatoms. The van der Waals surface area contributed by atoms with E-state index in [4.69, 9.17) is 10.5 Å². The summed E-state index contributed by atoms with van der Waals surface area (Å²) >= 11 is 1.63.